The van der Waals surface area contributed by atoms with Crippen molar-refractivity contribution in [3.05, 3.63) is 12.2 Å². The van der Waals surface area contributed by atoms with E-state index in [2.05, 4.69) is 25.4 Å². The Balaban J connectivity index is 2.35. The van der Waals surface area contributed by atoms with E-state index in [0.29, 0.717) is 17.6 Å². The zero-order chi connectivity index (χ0) is 8.39. The third kappa shape index (κ3) is 1.05. The van der Waals surface area contributed by atoms with Crippen LogP contribution < -0.4 is 5.73 Å². The summed E-state index contributed by atoms with van der Waals surface area (Å²) < 4.78 is 5.10. The Morgan fingerprint density at radius 3 is 3.00 bits per heavy atom. The first-order chi connectivity index (χ1) is 5.90. The standard InChI is InChI=1S/C5H6N6O/c6-1-3-9-11-5(12-3)4-7-2-8-10-4/h2H,1,6H2,(H,7,8,10). The molecule has 2 aromatic heterocycles. The molecule has 0 fully saturated rings. The van der Waals surface area contributed by atoms with Crippen molar-refractivity contribution in [3.8, 4) is 11.7 Å². The van der Waals surface area contributed by atoms with E-state index < -0.39 is 0 Å². The summed E-state index contributed by atoms with van der Waals surface area (Å²) in [6, 6.07) is 0. The van der Waals surface area contributed by atoms with Gasteiger partial charge < -0.3 is 10.2 Å². The fourth-order valence-corrected chi connectivity index (χ4v) is 0.740. The molecule has 0 atom stereocenters. The van der Waals surface area contributed by atoms with Gasteiger partial charge in [0, 0.05) is 0 Å². The summed E-state index contributed by atoms with van der Waals surface area (Å²) >= 11 is 0. The molecule has 2 heterocycles. The maximum atomic E-state index is 5.27. The number of H-pyrrole nitrogens is 1. The van der Waals surface area contributed by atoms with Crippen LogP contribution in [0.15, 0.2) is 10.7 Å². The van der Waals surface area contributed by atoms with Gasteiger partial charge >= 0.3 is 0 Å². The Labute approximate surface area is 67.0 Å². The summed E-state index contributed by atoms with van der Waals surface area (Å²) in [5.41, 5.74) is 5.27. The molecule has 0 amide bonds. The van der Waals surface area contributed by atoms with Crippen LogP contribution in [-0.2, 0) is 6.54 Å². The van der Waals surface area contributed by atoms with E-state index in [-0.39, 0.29) is 6.54 Å². The molecule has 7 nitrogen and oxygen atoms in total. The Bertz CT molecular complexity index is 352. The minimum absolute atomic E-state index is 0.223. The second-order valence-corrected chi connectivity index (χ2v) is 2.04. The lowest BCUT2D eigenvalue weighted by Gasteiger charge is -1.83. The Morgan fingerprint density at radius 2 is 2.42 bits per heavy atom. The largest absolute Gasteiger partial charge is 0.417 e. The SMILES string of the molecule is NCc1nnc(-c2ncn[nH]2)o1. The molecule has 2 aromatic rings. The van der Waals surface area contributed by atoms with Gasteiger partial charge in [0.05, 0.1) is 6.54 Å². The minimum atomic E-state index is 0.223. The molecule has 2 rings (SSSR count). The fraction of sp³-hybridized carbons (Fsp3) is 0.200. The van der Waals surface area contributed by atoms with E-state index in [9.17, 15) is 0 Å². The molecule has 0 aromatic carbocycles. The van der Waals surface area contributed by atoms with Crippen molar-refractivity contribution in [2.75, 3.05) is 0 Å². The summed E-state index contributed by atoms with van der Waals surface area (Å²) in [7, 11) is 0. The van der Waals surface area contributed by atoms with Crippen LogP contribution >= 0.6 is 0 Å². The number of aromatic nitrogens is 5. The van der Waals surface area contributed by atoms with Gasteiger partial charge in [-0.25, -0.2) is 4.98 Å². The smallest absolute Gasteiger partial charge is 0.285 e. The predicted octanol–water partition coefficient (Wildman–Crippen LogP) is -0.687. The highest BCUT2D eigenvalue weighted by Gasteiger charge is 2.08. The van der Waals surface area contributed by atoms with Gasteiger partial charge in [0.15, 0.2) is 0 Å². The quantitative estimate of drug-likeness (QED) is 0.611. The lowest BCUT2D eigenvalue weighted by Crippen LogP contribution is -1.95. The third-order valence-electron chi connectivity index (χ3n) is 1.26. The van der Waals surface area contributed by atoms with E-state index in [1.807, 2.05) is 0 Å². The van der Waals surface area contributed by atoms with Gasteiger partial charge in [0.1, 0.15) is 6.33 Å². The van der Waals surface area contributed by atoms with Crippen molar-refractivity contribution in [2.45, 2.75) is 6.54 Å². The Hall–Kier alpha value is -1.76. The van der Waals surface area contributed by atoms with Gasteiger partial charge in [-0.3, -0.25) is 5.10 Å². The number of hydrogen-bond acceptors (Lipinski definition) is 6. The van der Waals surface area contributed by atoms with Crippen molar-refractivity contribution in [3.63, 3.8) is 0 Å². The van der Waals surface area contributed by atoms with Crippen LogP contribution in [0.25, 0.3) is 11.7 Å². The second-order valence-electron chi connectivity index (χ2n) is 2.04. The summed E-state index contributed by atoms with van der Waals surface area (Å²) in [6.07, 6.45) is 1.36. The molecule has 0 saturated carbocycles. The highest BCUT2D eigenvalue weighted by Crippen LogP contribution is 2.10. The number of nitrogens with one attached hydrogen (secondary N) is 1. The maximum absolute atomic E-state index is 5.27. The van der Waals surface area contributed by atoms with Gasteiger partial charge in [-0.2, -0.15) is 5.10 Å². The Kier molecular flexibility index (Phi) is 1.56. The molecule has 0 aliphatic rings. The number of nitrogens with two attached hydrogens (primary N) is 1. The maximum Gasteiger partial charge on any atom is 0.285 e. The number of rotatable bonds is 2. The summed E-state index contributed by atoms with van der Waals surface area (Å²) in [5.74, 6) is 1.12. The van der Waals surface area contributed by atoms with Gasteiger partial charge in [0.25, 0.3) is 5.89 Å². The number of hydrogen-bond donors (Lipinski definition) is 2. The van der Waals surface area contributed by atoms with Crippen LogP contribution in [-0.4, -0.2) is 25.4 Å². The van der Waals surface area contributed by atoms with Crippen LogP contribution in [0.2, 0.25) is 0 Å². The van der Waals surface area contributed by atoms with Crippen molar-refractivity contribution < 1.29 is 4.42 Å². The summed E-state index contributed by atoms with van der Waals surface area (Å²) in [4.78, 5) is 3.83. The van der Waals surface area contributed by atoms with Crippen molar-refractivity contribution in [1.29, 1.82) is 0 Å². The molecule has 3 N–H and O–H groups in total. The zero-order valence-electron chi connectivity index (χ0n) is 6.06. The highest BCUT2D eigenvalue weighted by atomic mass is 16.4. The van der Waals surface area contributed by atoms with Crippen molar-refractivity contribution in [1.82, 2.24) is 25.4 Å². The number of nitrogens with zero attached hydrogens (tertiary/aromatic N) is 4. The van der Waals surface area contributed by atoms with Gasteiger partial charge in [-0.05, 0) is 0 Å². The zero-order valence-corrected chi connectivity index (χ0v) is 6.06. The molecular weight excluding hydrogens is 160 g/mol. The van der Waals surface area contributed by atoms with Crippen LogP contribution in [0, 0.1) is 0 Å². The van der Waals surface area contributed by atoms with Gasteiger partial charge in [-0.1, -0.05) is 0 Å². The average Bonchev–Trinajstić information content (AvgIpc) is 2.75. The van der Waals surface area contributed by atoms with Crippen molar-refractivity contribution >= 4 is 0 Å². The predicted molar refractivity (Wildman–Crippen MR) is 37.6 cm³/mol. The van der Waals surface area contributed by atoms with Crippen LogP contribution in [0.4, 0.5) is 0 Å². The lowest BCUT2D eigenvalue weighted by atomic mass is 10.6. The van der Waals surface area contributed by atoms with E-state index in [1.165, 1.54) is 6.33 Å². The average molecular weight is 166 g/mol. The first-order valence-corrected chi connectivity index (χ1v) is 3.28. The second kappa shape index (κ2) is 2.70. The van der Waals surface area contributed by atoms with E-state index >= 15 is 0 Å². The first-order valence-electron chi connectivity index (χ1n) is 3.28. The van der Waals surface area contributed by atoms with Crippen LogP contribution in [0.1, 0.15) is 5.89 Å². The molecular formula is C5H6N6O. The lowest BCUT2D eigenvalue weighted by molar-refractivity contribution is 0.505. The first kappa shape index (κ1) is 6.92. The Morgan fingerprint density at radius 1 is 1.50 bits per heavy atom. The van der Waals surface area contributed by atoms with Crippen molar-refractivity contribution in [2.24, 2.45) is 5.73 Å². The molecule has 62 valence electrons. The molecule has 7 heteroatoms. The summed E-state index contributed by atoms with van der Waals surface area (Å²) in [6.45, 7) is 0.223. The molecule has 12 heavy (non-hydrogen) atoms. The third-order valence-corrected chi connectivity index (χ3v) is 1.26. The van der Waals surface area contributed by atoms with Crippen LogP contribution in [0.3, 0.4) is 0 Å². The molecule has 0 saturated heterocycles. The van der Waals surface area contributed by atoms with E-state index in [1.54, 1.807) is 0 Å². The van der Waals surface area contributed by atoms with E-state index in [0.717, 1.165) is 0 Å². The molecule has 0 aliphatic carbocycles. The monoisotopic (exact) mass is 166 g/mol. The van der Waals surface area contributed by atoms with Gasteiger partial charge in [-0.15, -0.1) is 10.2 Å². The summed E-state index contributed by atoms with van der Waals surface area (Å²) in [5, 5.41) is 13.6. The molecule has 0 radical (unpaired) electrons. The highest BCUT2D eigenvalue weighted by molar-refractivity contribution is 5.36. The molecule has 0 spiro atoms. The normalized spacial score (nSPS) is 10.4. The number of aromatic amines is 1. The van der Waals surface area contributed by atoms with Crippen LogP contribution in [0.5, 0.6) is 0 Å². The topological polar surface area (TPSA) is 107 Å². The molecule has 0 unspecified atom stereocenters. The fourth-order valence-electron chi connectivity index (χ4n) is 0.740. The van der Waals surface area contributed by atoms with E-state index in [4.69, 9.17) is 10.2 Å². The molecule has 0 bridgehead atoms. The van der Waals surface area contributed by atoms with Gasteiger partial charge in [0.2, 0.25) is 11.7 Å². The minimum Gasteiger partial charge on any atom is -0.417 e. The molecule has 0 aliphatic heterocycles.